The Hall–Kier alpha value is -0.120. The minimum atomic E-state index is 0.431. The second-order valence-corrected chi connectivity index (χ2v) is 7.72. The van der Waals surface area contributed by atoms with Crippen LogP contribution in [0.1, 0.15) is 40.0 Å². The van der Waals surface area contributed by atoms with E-state index in [1.807, 2.05) is 0 Å². The molecule has 114 valence electrons. The number of rotatable bonds is 5. The van der Waals surface area contributed by atoms with Crippen molar-refractivity contribution in [2.45, 2.75) is 46.1 Å². The first-order valence-electron chi connectivity index (χ1n) is 7.80. The Morgan fingerprint density at radius 1 is 1.05 bits per heavy atom. The summed E-state index contributed by atoms with van der Waals surface area (Å²) < 4.78 is 0. The molecule has 3 atom stereocenters. The Balaban J connectivity index is 2.64. The van der Waals surface area contributed by atoms with Gasteiger partial charge in [0, 0.05) is 19.1 Å². The fourth-order valence-corrected chi connectivity index (χ4v) is 3.33. The number of nitrogens with two attached hydrogens (primary N) is 1. The first-order chi connectivity index (χ1) is 8.75. The highest BCUT2D eigenvalue weighted by atomic mass is 15.2. The van der Waals surface area contributed by atoms with Crippen molar-refractivity contribution in [2.24, 2.45) is 23.0 Å². The zero-order chi connectivity index (χ0) is 14.6. The van der Waals surface area contributed by atoms with Gasteiger partial charge >= 0.3 is 0 Å². The Kier molecular flexibility index (Phi) is 6.28. The van der Waals surface area contributed by atoms with Gasteiger partial charge in [0.2, 0.25) is 0 Å². The standard InChI is InChI=1S/C16H35N3/c1-16(2,3)14-8-7-13(12-17)15(11-14)19(6)10-9-18(4)5/h13-15H,7-12,17H2,1-6H3. The van der Waals surface area contributed by atoms with Crippen molar-refractivity contribution in [2.75, 3.05) is 40.8 Å². The first-order valence-corrected chi connectivity index (χ1v) is 7.80. The van der Waals surface area contributed by atoms with Crippen LogP contribution >= 0.6 is 0 Å². The molecule has 1 aliphatic rings. The maximum absolute atomic E-state index is 6.00. The summed E-state index contributed by atoms with van der Waals surface area (Å²) in [5.74, 6) is 1.52. The number of likely N-dealkylation sites (N-methyl/N-ethyl adjacent to an activating group) is 2. The van der Waals surface area contributed by atoms with Crippen molar-refractivity contribution in [3.63, 3.8) is 0 Å². The molecule has 3 heteroatoms. The molecule has 0 aromatic heterocycles. The van der Waals surface area contributed by atoms with Crippen molar-refractivity contribution in [1.82, 2.24) is 9.80 Å². The number of hydrogen-bond acceptors (Lipinski definition) is 3. The molecule has 0 saturated heterocycles. The van der Waals surface area contributed by atoms with E-state index in [0.717, 1.165) is 25.6 Å². The fraction of sp³-hybridized carbons (Fsp3) is 1.00. The van der Waals surface area contributed by atoms with Gasteiger partial charge in [-0.05, 0) is 64.2 Å². The lowest BCUT2D eigenvalue weighted by Gasteiger charge is -2.45. The van der Waals surface area contributed by atoms with Crippen LogP contribution in [0.15, 0.2) is 0 Å². The SMILES string of the molecule is CN(C)CCN(C)C1CC(C(C)(C)C)CCC1CN. The Bertz CT molecular complexity index is 257. The highest BCUT2D eigenvalue weighted by Gasteiger charge is 2.36. The van der Waals surface area contributed by atoms with Crippen LogP contribution in [0.4, 0.5) is 0 Å². The molecule has 0 amide bonds. The van der Waals surface area contributed by atoms with Crippen molar-refractivity contribution in [1.29, 1.82) is 0 Å². The van der Waals surface area contributed by atoms with Gasteiger partial charge in [0.05, 0.1) is 0 Å². The van der Waals surface area contributed by atoms with Gasteiger partial charge in [0.1, 0.15) is 0 Å². The summed E-state index contributed by atoms with van der Waals surface area (Å²) in [6.45, 7) is 10.3. The summed E-state index contributed by atoms with van der Waals surface area (Å²) in [5.41, 5.74) is 6.44. The van der Waals surface area contributed by atoms with Gasteiger partial charge in [-0.3, -0.25) is 0 Å². The van der Waals surface area contributed by atoms with Crippen LogP contribution in [0.25, 0.3) is 0 Å². The third-order valence-corrected chi connectivity index (χ3v) is 4.95. The predicted octanol–water partition coefficient (Wildman–Crippen LogP) is 2.27. The maximum Gasteiger partial charge on any atom is 0.0136 e. The van der Waals surface area contributed by atoms with E-state index in [-0.39, 0.29) is 0 Å². The molecule has 1 saturated carbocycles. The fourth-order valence-electron chi connectivity index (χ4n) is 3.33. The summed E-state index contributed by atoms with van der Waals surface area (Å²) in [6.07, 6.45) is 3.97. The van der Waals surface area contributed by atoms with Crippen LogP contribution in [-0.2, 0) is 0 Å². The van der Waals surface area contributed by atoms with Crippen LogP contribution in [0.5, 0.6) is 0 Å². The summed E-state index contributed by atoms with van der Waals surface area (Å²) in [6, 6.07) is 0.669. The van der Waals surface area contributed by atoms with Gasteiger partial charge in [-0.25, -0.2) is 0 Å². The molecule has 0 aliphatic heterocycles. The zero-order valence-corrected chi connectivity index (χ0v) is 13.9. The van der Waals surface area contributed by atoms with Gasteiger partial charge < -0.3 is 15.5 Å². The molecule has 3 unspecified atom stereocenters. The average Bonchev–Trinajstić information content (AvgIpc) is 2.33. The van der Waals surface area contributed by atoms with Crippen LogP contribution in [0.3, 0.4) is 0 Å². The van der Waals surface area contributed by atoms with Crippen molar-refractivity contribution >= 4 is 0 Å². The minimum absolute atomic E-state index is 0.431. The van der Waals surface area contributed by atoms with Crippen molar-refractivity contribution in [3.8, 4) is 0 Å². The average molecular weight is 269 g/mol. The molecular formula is C16H35N3. The van der Waals surface area contributed by atoms with Crippen LogP contribution in [-0.4, -0.2) is 56.6 Å². The maximum atomic E-state index is 6.00. The van der Waals surface area contributed by atoms with E-state index in [0.29, 0.717) is 17.4 Å². The highest BCUT2D eigenvalue weighted by Crippen LogP contribution is 2.41. The lowest BCUT2D eigenvalue weighted by atomic mass is 9.67. The molecular weight excluding hydrogens is 234 g/mol. The molecule has 19 heavy (non-hydrogen) atoms. The zero-order valence-electron chi connectivity index (χ0n) is 13.9. The third kappa shape index (κ3) is 5.05. The molecule has 0 spiro atoms. The largest absolute Gasteiger partial charge is 0.330 e. The lowest BCUT2D eigenvalue weighted by Crippen LogP contribution is -2.48. The topological polar surface area (TPSA) is 32.5 Å². The first kappa shape index (κ1) is 16.9. The monoisotopic (exact) mass is 269 g/mol. The summed E-state index contributed by atoms with van der Waals surface area (Å²) in [5, 5.41) is 0. The van der Waals surface area contributed by atoms with E-state index in [4.69, 9.17) is 5.73 Å². The molecule has 0 aromatic rings. The molecule has 1 aliphatic carbocycles. The van der Waals surface area contributed by atoms with E-state index in [1.54, 1.807) is 0 Å². The van der Waals surface area contributed by atoms with Crippen LogP contribution < -0.4 is 5.73 Å². The predicted molar refractivity (Wildman–Crippen MR) is 84.3 cm³/mol. The van der Waals surface area contributed by atoms with Gasteiger partial charge in [0.25, 0.3) is 0 Å². The van der Waals surface area contributed by atoms with Gasteiger partial charge in [-0.2, -0.15) is 0 Å². The Labute approximate surface area is 120 Å². The molecule has 2 N–H and O–H groups in total. The summed E-state index contributed by atoms with van der Waals surface area (Å²) in [4.78, 5) is 4.81. The van der Waals surface area contributed by atoms with E-state index in [2.05, 4.69) is 51.7 Å². The van der Waals surface area contributed by atoms with E-state index in [1.165, 1.54) is 19.3 Å². The van der Waals surface area contributed by atoms with Crippen LogP contribution in [0, 0.1) is 17.3 Å². The quantitative estimate of drug-likeness (QED) is 0.831. The highest BCUT2D eigenvalue weighted by molar-refractivity contribution is 4.90. The Morgan fingerprint density at radius 2 is 1.68 bits per heavy atom. The van der Waals surface area contributed by atoms with E-state index < -0.39 is 0 Å². The number of nitrogens with zero attached hydrogens (tertiary/aromatic N) is 2. The van der Waals surface area contributed by atoms with Gasteiger partial charge in [0.15, 0.2) is 0 Å². The second-order valence-electron chi connectivity index (χ2n) is 7.72. The lowest BCUT2D eigenvalue weighted by molar-refractivity contribution is 0.0563. The summed E-state index contributed by atoms with van der Waals surface area (Å²) >= 11 is 0. The molecule has 3 nitrogen and oxygen atoms in total. The van der Waals surface area contributed by atoms with Crippen molar-refractivity contribution < 1.29 is 0 Å². The molecule has 0 heterocycles. The molecule has 0 bridgehead atoms. The molecule has 0 aromatic carbocycles. The summed E-state index contributed by atoms with van der Waals surface area (Å²) in [7, 11) is 6.57. The third-order valence-electron chi connectivity index (χ3n) is 4.95. The number of hydrogen-bond donors (Lipinski definition) is 1. The van der Waals surface area contributed by atoms with Gasteiger partial charge in [-0.1, -0.05) is 20.8 Å². The second kappa shape index (κ2) is 7.05. The van der Waals surface area contributed by atoms with Crippen molar-refractivity contribution in [3.05, 3.63) is 0 Å². The van der Waals surface area contributed by atoms with E-state index >= 15 is 0 Å². The molecule has 1 rings (SSSR count). The van der Waals surface area contributed by atoms with Crippen LogP contribution in [0.2, 0.25) is 0 Å². The van der Waals surface area contributed by atoms with E-state index in [9.17, 15) is 0 Å². The normalized spacial score (nSPS) is 29.2. The van der Waals surface area contributed by atoms with Gasteiger partial charge in [-0.15, -0.1) is 0 Å². The molecule has 0 radical (unpaired) electrons. The molecule has 1 fully saturated rings. The Morgan fingerprint density at radius 3 is 2.16 bits per heavy atom. The smallest absolute Gasteiger partial charge is 0.0136 e. The minimum Gasteiger partial charge on any atom is -0.330 e.